The first-order valence-corrected chi connectivity index (χ1v) is 7.95. The molecule has 0 aromatic carbocycles. The Bertz CT molecular complexity index is 383. The van der Waals surface area contributed by atoms with E-state index >= 15 is 0 Å². The molecule has 0 heterocycles. The number of methoxy groups -OCH3 is 1. The van der Waals surface area contributed by atoms with E-state index in [0.717, 1.165) is 37.0 Å². The molecule has 1 amide bonds. The lowest BCUT2D eigenvalue weighted by molar-refractivity contribution is -0.152. The Labute approximate surface area is 120 Å². The van der Waals surface area contributed by atoms with Gasteiger partial charge in [-0.1, -0.05) is 6.92 Å². The average molecular weight is 279 g/mol. The molecule has 0 unspecified atom stereocenters. The van der Waals surface area contributed by atoms with Crippen molar-refractivity contribution in [3.8, 4) is 0 Å². The largest absolute Gasteiger partial charge is 0.467 e. The van der Waals surface area contributed by atoms with Gasteiger partial charge in [0.05, 0.1) is 7.11 Å². The minimum Gasteiger partial charge on any atom is -0.467 e. The van der Waals surface area contributed by atoms with Gasteiger partial charge in [-0.2, -0.15) is 0 Å². The van der Waals surface area contributed by atoms with Gasteiger partial charge in [-0.25, -0.2) is 4.79 Å². The van der Waals surface area contributed by atoms with Gasteiger partial charge in [0.15, 0.2) is 0 Å². The van der Waals surface area contributed by atoms with Gasteiger partial charge >= 0.3 is 5.97 Å². The topological polar surface area (TPSA) is 55.4 Å². The summed E-state index contributed by atoms with van der Waals surface area (Å²) in [6, 6.07) is -0.486. The molecule has 1 atom stereocenters. The van der Waals surface area contributed by atoms with Crippen LogP contribution >= 0.6 is 0 Å². The molecule has 1 N–H and O–H groups in total. The van der Waals surface area contributed by atoms with Gasteiger partial charge in [0.25, 0.3) is 0 Å². The summed E-state index contributed by atoms with van der Waals surface area (Å²) in [6.45, 7) is 1.90. The molecule has 4 nitrogen and oxygen atoms in total. The van der Waals surface area contributed by atoms with Crippen LogP contribution in [-0.2, 0) is 14.3 Å². The predicted octanol–water partition coefficient (Wildman–Crippen LogP) is 2.27. The van der Waals surface area contributed by atoms with E-state index in [-0.39, 0.29) is 17.3 Å². The van der Waals surface area contributed by atoms with Gasteiger partial charge in [0.1, 0.15) is 6.04 Å². The summed E-state index contributed by atoms with van der Waals surface area (Å²) in [7, 11) is 1.38. The summed E-state index contributed by atoms with van der Waals surface area (Å²) in [5.41, 5.74) is -0.184. The number of nitrogens with one attached hydrogen (secondary N) is 1. The van der Waals surface area contributed by atoms with Gasteiger partial charge in [-0.05, 0) is 62.7 Å². The molecule has 0 spiro atoms. The van der Waals surface area contributed by atoms with Crippen LogP contribution in [0.4, 0.5) is 0 Å². The lowest BCUT2D eigenvalue weighted by Gasteiger charge is -2.55. The second-order valence-electron chi connectivity index (χ2n) is 7.16. The first-order chi connectivity index (χ1) is 9.56. The number of amides is 1. The summed E-state index contributed by atoms with van der Waals surface area (Å²) in [5.74, 6) is 2.00. The molecule has 4 heteroatoms. The highest BCUT2D eigenvalue weighted by molar-refractivity contribution is 5.88. The van der Waals surface area contributed by atoms with Gasteiger partial charge in [0.2, 0.25) is 5.91 Å². The number of rotatable bonds is 4. The van der Waals surface area contributed by atoms with Crippen LogP contribution in [0.3, 0.4) is 0 Å². The summed E-state index contributed by atoms with van der Waals surface area (Å²) >= 11 is 0. The second kappa shape index (κ2) is 5.05. The van der Waals surface area contributed by atoms with Crippen molar-refractivity contribution in [2.24, 2.45) is 23.2 Å². The van der Waals surface area contributed by atoms with Crippen LogP contribution in [0.25, 0.3) is 0 Å². The highest BCUT2D eigenvalue weighted by Crippen LogP contribution is 2.60. The predicted molar refractivity (Wildman–Crippen MR) is 74.8 cm³/mol. The zero-order valence-corrected chi connectivity index (χ0v) is 12.5. The summed E-state index contributed by atoms with van der Waals surface area (Å²) < 4.78 is 4.77. The zero-order chi connectivity index (χ0) is 14.3. The van der Waals surface area contributed by atoms with Crippen molar-refractivity contribution in [3.05, 3.63) is 0 Å². The zero-order valence-electron chi connectivity index (χ0n) is 12.5. The maximum atomic E-state index is 12.8. The minimum atomic E-state index is -0.486. The van der Waals surface area contributed by atoms with Crippen molar-refractivity contribution in [2.75, 3.05) is 7.11 Å². The summed E-state index contributed by atoms with van der Waals surface area (Å²) in [6.07, 6.45) is 7.64. The molecular formula is C16H25NO3. The molecule has 4 fully saturated rings. The number of hydrogen-bond acceptors (Lipinski definition) is 3. The molecule has 4 rings (SSSR count). The molecule has 4 aliphatic rings. The van der Waals surface area contributed by atoms with Crippen LogP contribution in [0.15, 0.2) is 0 Å². The van der Waals surface area contributed by atoms with Crippen LogP contribution in [0.2, 0.25) is 0 Å². The van der Waals surface area contributed by atoms with Crippen molar-refractivity contribution < 1.29 is 14.3 Å². The standard InChI is InChI=1S/C16H25NO3/c1-3-13(14(18)20-2)17-15(19)16-7-10-4-11(8-16)6-12(5-10)9-16/h10-13H,3-9H2,1-2H3,(H,17,19)/t10?,11?,12?,13-,16?/m0/s1. The molecular weight excluding hydrogens is 254 g/mol. The van der Waals surface area contributed by atoms with Crippen LogP contribution in [-0.4, -0.2) is 25.0 Å². The molecule has 0 radical (unpaired) electrons. The van der Waals surface area contributed by atoms with Crippen molar-refractivity contribution >= 4 is 11.9 Å². The highest BCUT2D eigenvalue weighted by atomic mass is 16.5. The van der Waals surface area contributed by atoms with Crippen LogP contribution in [0.5, 0.6) is 0 Å². The quantitative estimate of drug-likeness (QED) is 0.803. The molecule has 20 heavy (non-hydrogen) atoms. The molecule has 0 aromatic rings. The van der Waals surface area contributed by atoms with E-state index in [0.29, 0.717) is 6.42 Å². The Kier molecular flexibility index (Phi) is 3.51. The van der Waals surface area contributed by atoms with E-state index in [4.69, 9.17) is 4.74 Å². The second-order valence-corrected chi connectivity index (χ2v) is 7.16. The molecule has 0 aliphatic heterocycles. The molecule has 0 saturated heterocycles. The van der Waals surface area contributed by atoms with E-state index in [1.54, 1.807) is 0 Å². The third-order valence-corrected chi connectivity index (χ3v) is 5.72. The third kappa shape index (κ3) is 2.23. The van der Waals surface area contributed by atoms with E-state index in [1.807, 2.05) is 6.92 Å². The SMILES string of the molecule is CC[C@H](NC(=O)C12CC3CC(CC(C3)C1)C2)C(=O)OC. The Morgan fingerprint density at radius 1 is 1.15 bits per heavy atom. The van der Waals surface area contributed by atoms with Crippen molar-refractivity contribution in [1.82, 2.24) is 5.32 Å². The maximum absolute atomic E-state index is 12.8. The number of ether oxygens (including phenoxy) is 1. The van der Waals surface area contributed by atoms with Gasteiger partial charge < -0.3 is 10.1 Å². The van der Waals surface area contributed by atoms with E-state index in [2.05, 4.69) is 5.32 Å². The number of hydrogen-bond donors (Lipinski definition) is 1. The van der Waals surface area contributed by atoms with Crippen molar-refractivity contribution in [1.29, 1.82) is 0 Å². The molecule has 112 valence electrons. The lowest BCUT2D eigenvalue weighted by atomic mass is 9.49. The molecule has 4 aliphatic carbocycles. The van der Waals surface area contributed by atoms with E-state index in [1.165, 1.54) is 26.4 Å². The highest BCUT2D eigenvalue weighted by Gasteiger charge is 2.54. The fraction of sp³-hybridized carbons (Fsp3) is 0.875. The molecule has 0 aromatic heterocycles. The number of carbonyl (C=O) groups is 2. The fourth-order valence-electron chi connectivity index (χ4n) is 5.17. The monoisotopic (exact) mass is 279 g/mol. The third-order valence-electron chi connectivity index (χ3n) is 5.72. The van der Waals surface area contributed by atoms with Crippen molar-refractivity contribution in [2.45, 2.75) is 57.9 Å². The normalized spacial score (nSPS) is 39.4. The van der Waals surface area contributed by atoms with Gasteiger partial charge in [0, 0.05) is 5.41 Å². The Morgan fingerprint density at radius 3 is 2.05 bits per heavy atom. The summed E-state index contributed by atoms with van der Waals surface area (Å²) in [4.78, 5) is 24.4. The first kappa shape index (κ1) is 13.9. The number of carbonyl (C=O) groups excluding carboxylic acids is 2. The molecule has 4 saturated carbocycles. The lowest BCUT2D eigenvalue weighted by Crippen LogP contribution is -2.56. The maximum Gasteiger partial charge on any atom is 0.328 e. The Hall–Kier alpha value is -1.06. The number of esters is 1. The van der Waals surface area contributed by atoms with E-state index < -0.39 is 6.04 Å². The van der Waals surface area contributed by atoms with Crippen LogP contribution < -0.4 is 5.32 Å². The van der Waals surface area contributed by atoms with Crippen LogP contribution in [0, 0.1) is 23.2 Å². The van der Waals surface area contributed by atoms with Crippen LogP contribution in [0.1, 0.15) is 51.9 Å². The molecule has 4 bridgehead atoms. The average Bonchev–Trinajstić information content (AvgIpc) is 2.42. The van der Waals surface area contributed by atoms with Gasteiger partial charge in [-0.3, -0.25) is 4.79 Å². The summed E-state index contributed by atoms with van der Waals surface area (Å²) in [5, 5.41) is 2.96. The smallest absolute Gasteiger partial charge is 0.328 e. The first-order valence-electron chi connectivity index (χ1n) is 7.95. The minimum absolute atomic E-state index is 0.105. The fourth-order valence-corrected chi connectivity index (χ4v) is 5.17. The Balaban J connectivity index is 1.72. The Morgan fingerprint density at radius 2 is 1.65 bits per heavy atom. The van der Waals surface area contributed by atoms with Gasteiger partial charge in [-0.15, -0.1) is 0 Å². The van der Waals surface area contributed by atoms with E-state index in [9.17, 15) is 9.59 Å². The van der Waals surface area contributed by atoms with Crippen molar-refractivity contribution in [3.63, 3.8) is 0 Å².